The Labute approximate surface area is 120 Å². The van der Waals surface area contributed by atoms with Gasteiger partial charge in [0.15, 0.2) is 0 Å². The van der Waals surface area contributed by atoms with E-state index in [1.165, 1.54) is 0 Å². The van der Waals surface area contributed by atoms with Crippen molar-refractivity contribution in [3.8, 4) is 0 Å². The first kappa shape index (κ1) is 14.5. The Hall–Kier alpha value is -1.94. The molecule has 106 valence electrons. The first-order valence-corrected chi connectivity index (χ1v) is 7.00. The van der Waals surface area contributed by atoms with Crippen molar-refractivity contribution in [1.29, 1.82) is 0 Å². The van der Waals surface area contributed by atoms with E-state index in [0.29, 0.717) is 0 Å². The normalized spacial score (nSPS) is 10.8. The van der Waals surface area contributed by atoms with Crippen LogP contribution in [0.2, 0.25) is 0 Å². The fraction of sp³-hybridized carbons (Fsp3) is 0.375. The minimum absolute atomic E-state index is 0.835. The highest BCUT2D eigenvalue weighted by Gasteiger charge is 2.07. The Morgan fingerprint density at radius 1 is 1.00 bits per heavy atom. The van der Waals surface area contributed by atoms with Crippen LogP contribution in [-0.4, -0.2) is 28.5 Å². The molecule has 2 heterocycles. The summed E-state index contributed by atoms with van der Waals surface area (Å²) in [7, 11) is 1.89. The van der Waals surface area contributed by atoms with E-state index in [2.05, 4.69) is 45.3 Å². The molecule has 2 rings (SSSR count). The molecule has 4 heteroatoms. The fourth-order valence-electron chi connectivity index (χ4n) is 2.13. The van der Waals surface area contributed by atoms with Crippen molar-refractivity contribution < 1.29 is 0 Å². The maximum Gasteiger partial charge on any atom is 0.126 e. The summed E-state index contributed by atoms with van der Waals surface area (Å²) in [6, 6.07) is 12.2. The number of aryl methyl sites for hydroxylation is 1. The molecule has 0 aromatic carbocycles. The lowest BCUT2D eigenvalue weighted by molar-refractivity contribution is 0.265. The molecule has 0 fully saturated rings. The summed E-state index contributed by atoms with van der Waals surface area (Å²) in [6.07, 6.45) is 0. The van der Waals surface area contributed by atoms with Gasteiger partial charge in [-0.05, 0) is 37.7 Å². The Bertz CT molecular complexity index is 554. The van der Waals surface area contributed by atoms with Gasteiger partial charge in [0.2, 0.25) is 0 Å². The van der Waals surface area contributed by atoms with Crippen LogP contribution in [0.5, 0.6) is 0 Å². The van der Waals surface area contributed by atoms with Gasteiger partial charge in [-0.2, -0.15) is 0 Å². The van der Waals surface area contributed by atoms with Crippen LogP contribution in [0.25, 0.3) is 0 Å². The summed E-state index contributed by atoms with van der Waals surface area (Å²) in [6.45, 7) is 6.85. The first-order valence-electron chi connectivity index (χ1n) is 7.00. The first-order chi connectivity index (χ1) is 9.71. The molecule has 0 saturated heterocycles. The fourth-order valence-corrected chi connectivity index (χ4v) is 2.13. The van der Waals surface area contributed by atoms with Crippen molar-refractivity contribution in [2.45, 2.75) is 26.9 Å². The quantitative estimate of drug-likeness (QED) is 0.876. The molecule has 2 aromatic rings. The molecule has 0 spiro atoms. The van der Waals surface area contributed by atoms with E-state index in [9.17, 15) is 0 Å². The van der Waals surface area contributed by atoms with Gasteiger partial charge in [0.1, 0.15) is 5.82 Å². The number of anilines is 1. The molecule has 0 aliphatic rings. The predicted octanol–water partition coefficient (Wildman–Crippen LogP) is 2.85. The molecule has 0 aliphatic heterocycles. The van der Waals surface area contributed by atoms with Crippen LogP contribution in [0.15, 0.2) is 36.4 Å². The van der Waals surface area contributed by atoms with E-state index in [0.717, 1.165) is 42.5 Å². The van der Waals surface area contributed by atoms with Gasteiger partial charge in [-0.3, -0.25) is 9.88 Å². The van der Waals surface area contributed by atoms with Gasteiger partial charge < -0.3 is 5.32 Å². The monoisotopic (exact) mass is 270 g/mol. The number of hydrogen-bond acceptors (Lipinski definition) is 4. The zero-order valence-corrected chi connectivity index (χ0v) is 12.4. The molecule has 1 N–H and O–H groups in total. The molecule has 4 nitrogen and oxygen atoms in total. The molecule has 0 amide bonds. The summed E-state index contributed by atoms with van der Waals surface area (Å²) in [5.74, 6) is 0.909. The van der Waals surface area contributed by atoms with Gasteiger partial charge in [-0.1, -0.05) is 19.1 Å². The van der Waals surface area contributed by atoms with Gasteiger partial charge in [0, 0.05) is 25.8 Å². The summed E-state index contributed by atoms with van der Waals surface area (Å²) in [5, 5.41) is 3.07. The molecular formula is C16H22N4. The van der Waals surface area contributed by atoms with E-state index < -0.39 is 0 Å². The summed E-state index contributed by atoms with van der Waals surface area (Å²) in [5.41, 5.74) is 3.25. The third-order valence-corrected chi connectivity index (χ3v) is 3.23. The zero-order chi connectivity index (χ0) is 14.4. The van der Waals surface area contributed by atoms with Gasteiger partial charge >= 0.3 is 0 Å². The van der Waals surface area contributed by atoms with Crippen molar-refractivity contribution in [2.24, 2.45) is 0 Å². The average Bonchev–Trinajstić information content (AvgIpc) is 2.47. The second-order valence-corrected chi connectivity index (χ2v) is 4.84. The maximum absolute atomic E-state index is 4.56. The Kier molecular flexibility index (Phi) is 5.07. The maximum atomic E-state index is 4.56. The predicted molar refractivity (Wildman–Crippen MR) is 82.5 cm³/mol. The zero-order valence-electron chi connectivity index (χ0n) is 12.4. The molecule has 0 aliphatic carbocycles. The van der Waals surface area contributed by atoms with Crippen LogP contribution < -0.4 is 5.32 Å². The smallest absolute Gasteiger partial charge is 0.126 e. The van der Waals surface area contributed by atoms with Crippen LogP contribution in [0.1, 0.15) is 24.0 Å². The number of pyridine rings is 2. The van der Waals surface area contributed by atoms with E-state index in [4.69, 9.17) is 0 Å². The molecule has 0 radical (unpaired) electrons. The average molecular weight is 270 g/mol. The molecule has 0 saturated carbocycles. The minimum atomic E-state index is 0.835. The van der Waals surface area contributed by atoms with Crippen LogP contribution in [0.3, 0.4) is 0 Å². The summed E-state index contributed by atoms with van der Waals surface area (Å²) >= 11 is 0. The number of nitrogens with one attached hydrogen (secondary N) is 1. The lowest BCUT2D eigenvalue weighted by Crippen LogP contribution is -2.23. The van der Waals surface area contributed by atoms with Crippen molar-refractivity contribution in [3.63, 3.8) is 0 Å². The van der Waals surface area contributed by atoms with Crippen LogP contribution >= 0.6 is 0 Å². The van der Waals surface area contributed by atoms with E-state index in [-0.39, 0.29) is 0 Å². The summed E-state index contributed by atoms with van der Waals surface area (Å²) in [4.78, 5) is 11.5. The Morgan fingerprint density at radius 3 is 2.25 bits per heavy atom. The summed E-state index contributed by atoms with van der Waals surface area (Å²) < 4.78 is 0. The van der Waals surface area contributed by atoms with E-state index in [1.807, 2.05) is 32.2 Å². The van der Waals surface area contributed by atoms with Gasteiger partial charge in [-0.25, -0.2) is 4.98 Å². The largest absolute Gasteiger partial charge is 0.373 e. The van der Waals surface area contributed by atoms with Gasteiger partial charge in [0.25, 0.3) is 0 Å². The lowest BCUT2D eigenvalue weighted by Gasteiger charge is -2.20. The van der Waals surface area contributed by atoms with Gasteiger partial charge in [-0.15, -0.1) is 0 Å². The highest BCUT2D eigenvalue weighted by molar-refractivity contribution is 5.34. The number of hydrogen-bond donors (Lipinski definition) is 1. The molecule has 20 heavy (non-hydrogen) atoms. The number of nitrogens with zero attached hydrogens (tertiary/aromatic N) is 3. The van der Waals surface area contributed by atoms with Crippen molar-refractivity contribution >= 4 is 5.82 Å². The molecule has 0 bridgehead atoms. The molecule has 0 atom stereocenters. The standard InChI is InChI=1S/C16H22N4/c1-4-20(11-14-8-5-7-13(2)18-14)12-15-9-6-10-16(17-3)19-15/h5-10H,4,11-12H2,1-3H3,(H,17,19). The van der Waals surface area contributed by atoms with Crippen LogP contribution in [0.4, 0.5) is 5.82 Å². The highest BCUT2D eigenvalue weighted by Crippen LogP contribution is 2.10. The number of aromatic nitrogens is 2. The van der Waals surface area contributed by atoms with Crippen molar-refractivity contribution in [1.82, 2.24) is 14.9 Å². The van der Waals surface area contributed by atoms with E-state index >= 15 is 0 Å². The second-order valence-electron chi connectivity index (χ2n) is 4.84. The van der Waals surface area contributed by atoms with Crippen LogP contribution in [-0.2, 0) is 13.1 Å². The molecular weight excluding hydrogens is 248 g/mol. The van der Waals surface area contributed by atoms with Crippen molar-refractivity contribution in [2.75, 3.05) is 18.9 Å². The minimum Gasteiger partial charge on any atom is -0.373 e. The third kappa shape index (κ3) is 4.03. The second kappa shape index (κ2) is 7.01. The molecule has 2 aromatic heterocycles. The van der Waals surface area contributed by atoms with Crippen LogP contribution in [0, 0.1) is 6.92 Å². The SMILES string of the molecule is CCN(Cc1cccc(C)n1)Cc1cccc(NC)n1. The molecule has 0 unspecified atom stereocenters. The lowest BCUT2D eigenvalue weighted by atomic mass is 10.2. The Balaban J connectivity index is 2.05. The van der Waals surface area contributed by atoms with E-state index in [1.54, 1.807) is 0 Å². The highest BCUT2D eigenvalue weighted by atomic mass is 15.1. The van der Waals surface area contributed by atoms with Gasteiger partial charge in [0.05, 0.1) is 11.4 Å². The Morgan fingerprint density at radius 2 is 1.65 bits per heavy atom. The topological polar surface area (TPSA) is 41.1 Å². The third-order valence-electron chi connectivity index (χ3n) is 3.23. The van der Waals surface area contributed by atoms with Crippen molar-refractivity contribution in [3.05, 3.63) is 53.5 Å². The number of rotatable bonds is 6.